The molecule has 8 heteroatoms. The summed E-state index contributed by atoms with van der Waals surface area (Å²) in [6, 6.07) is 16.4. The van der Waals surface area contributed by atoms with E-state index >= 15 is 0 Å². The number of aromatic nitrogens is 4. The van der Waals surface area contributed by atoms with Crippen molar-refractivity contribution in [1.82, 2.24) is 19.8 Å². The second-order valence-electron chi connectivity index (χ2n) is 4.91. The van der Waals surface area contributed by atoms with Crippen LogP contribution in [0.5, 0.6) is 0 Å². The second kappa shape index (κ2) is 7.14. The zero-order valence-corrected chi connectivity index (χ0v) is 13.7. The van der Waals surface area contributed by atoms with E-state index in [2.05, 4.69) is 15.7 Å². The first kappa shape index (κ1) is 16.0. The molecule has 0 saturated carbocycles. The topological polar surface area (TPSA) is 81.8 Å². The van der Waals surface area contributed by atoms with Crippen LogP contribution >= 0.6 is 11.8 Å². The highest BCUT2D eigenvalue weighted by Gasteiger charge is 2.13. The van der Waals surface area contributed by atoms with E-state index in [1.165, 1.54) is 11.8 Å². The molecule has 0 aliphatic heterocycles. The van der Waals surface area contributed by atoms with Crippen LogP contribution in [0.4, 0.5) is 5.69 Å². The number of carbonyl (C=O) groups excluding carboxylic acids is 1. The lowest BCUT2D eigenvalue weighted by Crippen LogP contribution is -2.29. The van der Waals surface area contributed by atoms with Gasteiger partial charge in [0.25, 0.3) is 0 Å². The molecule has 0 fully saturated rings. The van der Waals surface area contributed by atoms with E-state index in [1.807, 2.05) is 36.6 Å². The van der Waals surface area contributed by atoms with Gasteiger partial charge in [0.05, 0.1) is 11.4 Å². The highest BCUT2D eigenvalue weighted by atomic mass is 32.2. The summed E-state index contributed by atoms with van der Waals surface area (Å²) < 4.78 is 2.19. The first-order valence-corrected chi connectivity index (χ1v) is 8.42. The number of thioether (sulfide) groups is 1. The summed E-state index contributed by atoms with van der Waals surface area (Å²) in [6.45, 7) is -0.200. The van der Waals surface area contributed by atoms with Crippen LogP contribution in [-0.2, 0) is 11.3 Å². The number of carbonyl (C=O) groups is 1. The van der Waals surface area contributed by atoms with Gasteiger partial charge >= 0.3 is 5.69 Å². The molecule has 0 saturated heterocycles. The fraction of sp³-hybridized carbons (Fsp3) is 0.125. The Morgan fingerprint density at radius 1 is 1.08 bits per heavy atom. The van der Waals surface area contributed by atoms with Crippen molar-refractivity contribution in [2.24, 2.45) is 0 Å². The van der Waals surface area contributed by atoms with Crippen LogP contribution < -0.4 is 11.0 Å². The zero-order valence-electron chi connectivity index (χ0n) is 12.9. The third kappa shape index (κ3) is 3.38. The van der Waals surface area contributed by atoms with E-state index in [9.17, 15) is 9.59 Å². The van der Waals surface area contributed by atoms with Crippen molar-refractivity contribution in [2.45, 2.75) is 11.4 Å². The summed E-state index contributed by atoms with van der Waals surface area (Å²) in [5, 5.41) is 10.4. The van der Waals surface area contributed by atoms with E-state index in [1.54, 1.807) is 24.3 Å². The SMILES string of the molecule is CSc1ccccc1NC(=O)Cn1nnn(-c2ccccc2)c1=O. The smallest absolute Gasteiger partial charge is 0.323 e. The molecular weight excluding hydrogens is 326 g/mol. The Hall–Kier alpha value is -2.87. The number of rotatable bonds is 5. The maximum atomic E-state index is 12.3. The summed E-state index contributed by atoms with van der Waals surface area (Å²) in [5.41, 5.74) is 0.842. The van der Waals surface area contributed by atoms with Gasteiger partial charge in [0.2, 0.25) is 5.91 Å². The molecule has 1 N–H and O–H groups in total. The Balaban J connectivity index is 1.76. The maximum absolute atomic E-state index is 12.3. The summed E-state index contributed by atoms with van der Waals surface area (Å²) in [5.74, 6) is -0.335. The van der Waals surface area contributed by atoms with Gasteiger partial charge < -0.3 is 5.32 Å². The van der Waals surface area contributed by atoms with Gasteiger partial charge in [0.1, 0.15) is 6.54 Å². The van der Waals surface area contributed by atoms with Gasteiger partial charge in [-0.2, -0.15) is 9.36 Å². The minimum absolute atomic E-state index is 0.200. The van der Waals surface area contributed by atoms with Crippen LogP contribution in [0, 0.1) is 0 Å². The van der Waals surface area contributed by atoms with Crippen molar-refractivity contribution in [3.8, 4) is 5.69 Å². The number of nitrogens with zero attached hydrogens (tertiary/aromatic N) is 4. The molecule has 0 aliphatic rings. The molecule has 2 aromatic carbocycles. The third-order valence-corrected chi connectivity index (χ3v) is 4.11. The number of hydrogen-bond donors (Lipinski definition) is 1. The molecule has 0 bridgehead atoms. The molecule has 0 unspecified atom stereocenters. The molecule has 24 heavy (non-hydrogen) atoms. The Morgan fingerprint density at radius 3 is 2.54 bits per heavy atom. The summed E-state index contributed by atoms with van der Waals surface area (Å²) >= 11 is 1.53. The molecule has 3 aromatic rings. The van der Waals surface area contributed by atoms with E-state index in [0.29, 0.717) is 11.4 Å². The van der Waals surface area contributed by atoms with Crippen molar-refractivity contribution in [3.63, 3.8) is 0 Å². The van der Waals surface area contributed by atoms with Gasteiger partial charge in [-0.15, -0.1) is 11.8 Å². The Morgan fingerprint density at radius 2 is 1.79 bits per heavy atom. The van der Waals surface area contributed by atoms with Crippen LogP contribution in [0.25, 0.3) is 5.69 Å². The molecule has 7 nitrogen and oxygen atoms in total. The Bertz CT molecular complexity index is 904. The maximum Gasteiger partial charge on any atom is 0.368 e. The molecule has 0 spiro atoms. The number of hydrogen-bond acceptors (Lipinski definition) is 5. The van der Waals surface area contributed by atoms with Crippen LogP contribution in [0.2, 0.25) is 0 Å². The number of amides is 1. The highest BCUT2D eigenvalue weighted by molar-refractivity contribution is 7.98. The van der Waals surface area contributed by atoms with Gasteiger partial charge in [-0.25, -0.2) is 4.79 Å². The Kier molecular flexibility index (Phi) is 4.76. The first-order chi connectivity index (χ1) is 11.7. The Labute approximate surface area is 142 Å². The number of para-hydroxylation sites is 2. The van der Waals surface area contributed by atoms with Crippen LogP contribution in [0.3, 0.4) is 0 Å². The van der Waals surface area contributed by atoms with Gasteiger partial charge in [0.15, 0.2) is 0 Å². The summed E-state index contributed by atoms with van der Waals surface area (Å²) in [4.78, 5) is 25.4. The predicted molar refractivity (Wildman–Crippen MR) is 92.5 cm³/mol. The number of benzene rings is 2. The van der Waals surface area contributed by atoms with E-state index in [4.69, 9.17) is 0 Å². The minimum atomic E-state index is -0.463. The van der Waals surface area contributed by atoms with Gasteiger partial charge in [-0.1, -0.05) is 30.3 Å². The molecular formula is C16H15N5O2S. The molecule has 0 radical (unpaired) electrons. The molecule has 0 aliphatic carbocycles. The largest absolute Gasteiger partial charge is 0.368 e. The monoisotopic (exact) mass is 341 g/mol. The second-order valence-corrected chi connectivity index (χ2v) is 5.76. The van der Waals surface area contributed by atoms with Crippen molar-refractivity contribution in [1.29, 1.82) is 0 Å². The lowest BCUT2D eigenvalue weighted by atomic mass is 10.3. The third-order valence-electron chi connectivity index (χ3n) is 3.31. The molecule has 122 valence electrons. The summed E-state index contributed by atoms with van der Waals surface area (Å²) in [7, 11) is 0. The molecule has 1 heterocycles. The van der Waals surface area contributed by atoms with Crippen LogP contribution in [0.1, 0.15) is 0 Å². The lowest BCUT2D eigenvalue weighted by molar-refractivity contribution is -0.117. The molecule has 1 aromatic heterocycles. The lowest BCUT2D eigenvalue weighted by Gasteiger charge is -2.08. The first-order valence-electron chi connectivity index (χ1n) is 7.20. The number of anilines is 1. The van der Waals surface area contributed by atoms with Crippen LogP contribution in [-0.4, -0.2) is 32.0 Å². The standard InChI is InChI=1S/C16H15N5O2S/c1-24-14-10-6-5-9-13(14)17-15(22)11-20-16(23)21(19-18-20)12-7-3-2-4-8-12/h2-10H,11H2,1H3,(H,17,22). The predicted octanol–water partition coefficient (Wildman–Crippen LogP) is 1.79. The van der Waals surface area contributed by atoms with Gasteiger partial charge in [-0.3, -0.25) is 4.79 Å². The van der Waals surface area contributed by atoms with Crippen molar-refractivity contribution < 1.29 is 4.79 Å². The molecule has 1 amide bonds. The highest BCUT2D eigenvalue weighted by Crippen LogP contribution is 2.24. The number of tetrazole rings is 1. The molecule has 0 atom stereocenters. The van der Waals surface area contributed by atoms with Crippen molar-refractivity contribution in [3.05, 3.63) is 65.1 Å². The summed E-state index contributed by atoms with van der Waals surface area (Å²) in [6.07, 6.45) is 1.93. The normalized spacial score (nSPS) is 10.5. The van der Waals surface area contributed by atoms with E-state index in [-0.39, 0.29) is 12.5 Å². The van der Waals surface area contributed by atoms with E-state index < -0.39 is 5.69 Å². The fourth-order valence-electron chi connectivity index (χ4n) is 2.18. The average molecular weight is 341 g/mol. The fourth-order valence-corrected chi connectivity index (χ4v) is 2.73. The quantitative estimate of drug-likeness (QED) is 0.716. The van der Waals surface area contributed by atoms with E-state index in [0.717, 1.165) is 14.3 Å². The zero-order chi connectivity index (χ0) is 16.9. The average Bonchev–Trinajstić information content (AvgIpc) is 2.97. The van der Waals surface area contributed by atoms with Gasteiger partial charge in [0, 0.05) is 4.90 Å². The minimum Gasteiger partial charge on any atom is -0.323 e. The van der Waals surface area contributed by atoms with Crippen molar-refractivity contribution in [2.75, 3.05) is 11.6 Å². The van der Waals surface area contributed by atoms with Crippen molar-refractivity contribution >= 4 is 23.4 Å². The van der Waals surface area contributed by atoms with Gasteiger partial charge in [-0.05, 0) is 40.9 Å². The number of nitrogens with one attached hydrogen (secondary N) is 1. The molecule has 3 rings (SSSR count). The van der Waals surface area contributed by atoms with Crippen LogP contribution in [0.15, 0.2) is 64.3 Å².